The van der Waals surface area contributed by atoms with Crippen molar-refractivity contribution >= 4 is 0 Å². The fourth-order valence-electron chi connectivity index (χ4n) is 3.53. The third-order valence-corrected chi connectivity index (χ3v) is 5.79. The second kappa shape index (κ2) is 18.8. The highest BCUT2D eigenvalue weighted by molar-refractivity contribution is 5.41. The molecule has 0 spiro atoms. The van der Waals surface area contributed by atoms with Crippen LogP contribution in [0.25, 0.3) is 0 Å². The lowest BCUT2D eigenvalue weighted by Crippen LogP contribution is -2.27. The summed E-state index contributed by atoms with van der Waals surface area (Å²) in [6, 6.07) is 15.6. The smallest absolute Gasteiger partial charge is 0.157 e. The number of aliphatic hydroxyl groups is 3. The molecule has 0 saturated heterocycles. The molecule has 0 aromatic heterocycles. The second-order valence-electron chi connectivity index (χ2n) is 10.4. The molecule has 0 radical (unpaired) electrons. The summed E-state index contributed by atoms with van der Waals surface area (Å²) in [5.41, 5.74) is 1.81. The van der Waals surface area contributed by atoms with Crippen LogP contribution in [0.3, 0.4) is 0 Å². The maximum Gasteiger partial charge on any atom is 0.157 e. The molecule has 0 aliphatic heterocycles. The van der Waals surface area contributed by atoms with Gasteiger partial charge in [0.2, 0.25) is 0 Å². The molecular formula is C31H47N3O8. The van der Waals surface area contributed by atoms with Gasteiger partial charge in [0.1, 0.15) is 17.2 Å². The maximum absolute atomic E-state index is 9.73. The number of aromatic hydroxyl groups is 5. The van der Waals surface area contributed by atoms with Crippen LogP contribution in [0.5, 0.6) is 28.7 Å². The zero-order chi connectivity index (χ0) is 31.8. The van der Waals surface area contributed by atoms with Gasteiger partial charge in [-0.05, 0) is 60.1 Å². The van der Waals surface area contributed by atoms with E-state index in [9.17, 15) is 30.6 Å². The zero-order valence-electron chi connectivity index (χ0n) is 24.9. The van der Waals surface area contributed by atoms with E-state index in [1.54, 1.807) is 37.4 Å². The summed E-state index contributed by atoms with van der Waals surface area (Å²) in [7, 11) is 1.77. The summed E-state index contributed by atoms with van der Waals surface area (Å²) in [5.74, 6) is -0.302. The largest absolute Gasteiger partial charge is 0.508 e. The Morgan fingerprint density at radius 3 is 1.48 bits per heavy atom. The number of nitrogens with one attached hydrogen (secondary N) is 3. The predicted molar refractivity (Wildman–Crippen MR) is 163 cm³/mol. The fourth-order valence-corrected chi connectivity index (χ4v) is 3.53. The van der Waals surface area contributed by atoms with Crippen LogP contribution < -0.4 is 16.0 Å². The van der Waals surface area contributed by atoms with E-state index in [0.717, 1.165) is 5.56 Å². The van der Waals surface area contributed by atoms with Crippen molar-refractivity contribution in [1.82, 2.24) is 16.0 Å². The van der Waals surface area contributed by atoms with Crippen LogP contribution in [0.15, 0.2) is 60.7 Å². The van der Waals surface area contributed by atoms with E-state index in [1.165, 1.54) is 30.3 Å². The Morgan fingerprint density at radius 1 is 0.524 bits per heavy atom. The summed E-state index contributed by atoms with van der Waals surface area (Å²) < 4.78 is 0. The maximum atomic E-state index is 9.73. The van der Waals surface area contributed by atoms with E-state index < -0.39 is 18.3 Å². The van der Waals surface area contributed by atoms with Crippen LogP contribution in [0.1, 0.15) is 62.7 Å². The summed E-state index contributed by atoms with van der Waals surface area (Å²) in [5, 5.41) is 83.8. The molecule has 234 valence electrons. The van der Waals surface area contributed by atoms with Gasteiger partial charge in [-0.1, -0.05) is 45.9 Å². The first-order chi connectivity index (χ1) is 19.7. The molecule has 3 atom stereocenters. The van der Waals surface area contributed by atoms with E-state index in [4.69, 9.17) is 10.2 Å². The molecular weight excluding hydrogens is 542 g/mol. The number of hydrogen-bond acceptors (Lipinski definition) is 11. The van der Waals surface area contributed by atoms with Gasteiger partial charge in [0.25, 0.3) is 0 Å². The molecule has 0 fully saturated rings. The van der Waals surface area contributed by atoms with Gasteiger partial charge >= 0.3 is 0 Å². The Bertz CT molecular complexity index is 1170. The van der Waals surface area contributed by atoms with Crippen molar-refractivity contribution in [2.24, 2.45) is 0 Å². The molecule has 0 bridgehead atoms. The summed E-state index contributed by atoms with van der Waals surface area (Å²) in [6.07, 6.45) is -1.97. The van der Waals surface area contributed by atoms with E-state index in [2.05, 4.69) is 16.0 Å². The summed E-state index contributed by atoms with van der Waals surface area (Å²) in [4.78, 5) is 0. The number of benzene rings is 3. The quantitative estimate of drug-likeness (QED) is 0.147. The molecule has 11 nitrogen and oxygen atoms in total. The molecule has 11 heteroatoms. The molecule has 0 amide bonds. The second-order valence-corrected chi connectivity index (χ2v) is 10.4. The predicted octanol–water partition coefficient (Wildman–Crippen LogP) is 2.90. The highest BCUT2D eigenvalue weighted by Crippen LogP contribution is 2.27. The van der Waals surface area contributed by atoms with Gasteiger partial charge in [-0.25, -0.2) is 0 Å². The molecule has 42 heavy (non-hydrogen) atoms. The molecule has 2 unspecified atom stereocenters. The van der Waals surface area contributed by atoms with Crippen molar-refractivity contribution in [3.05, 3.63) is 77.4 Å². The molecule has 0 aliphatic carbocycles. The molecule has 0 heterocycles. The molecule has 0 saturated carbocycles. The molecule has 3 aromatic rings. The van der Waals surface area contributed by atoms with Gasteiger partial charge in [-0.2, -0.15) is 0 Å². The van der Waals surface area contributed by atoms with Gasteiger partial charge < -0.3 is 56.8 Å². The Labute approximate surface area is 247 Å². The van der Waals surface area contributed by atoms with Crippen LogP contribution in [-0.4, -0.2) is 79.6 Å². The topological polar surface area (TPSA) is 198 Å². The van der Waals surface area contributed by atoms with Gasteiger partial charge in [0.15, 0.2) is 11.5 Å². The van der Waals surface area contributed by atoms with Gasteiger partial charge in [-0.3, -0.25) is 0 Å². The van der Waals surface area contributed by atoms with Crippen molar-refractivity contribution in [1.29, 1.82) is 0 Å². The number of aliphatic hydroxyl groups excluding tert-OH is 3. The Hall–Kier alpha value is -3.58. The minimum Gasteiger partial charge on any atom is -0.508 e. The third-order valence-electron chi connectivity index (χ3n) is 5.79. The van der Waals surface area contributed by atoms with E-state index >= 15 is 0 Å². The van der Waals surface area contributed by atoms with Gasteiger partial charge in [-0.15, -0.1) is 0 Å². The molecule has 3 aromatic carbocycles. The molecule has 11 N–H and O–H groups in total. The fraction of sp³-hybridized carbons (Fsp3) is 0.419. The first-order valence-electron chi connectivity index (χ1n) is 13.7. The lowest BCUT2D eigenvalue weighted by atomic mass is 10.1. The van der Waals surface area contributed by atoms with Crippen LogP contribution >= 0.6 is 0 Å². The van der Waals surface area contributed by atoms with Crippen molar-refractivity contribution in [3.8, 4) is 28.7 Å². The number of phenols is 5. The van der Waals surface area contributed by atoms with Crippen LogP contribution in [0.4, 0.5) is 0 Å². The normalized spacial score (nSPS) is 13.0. The van der Waals surface area contributed by atoms with Crippen LogP contribution in [-0.2, 0) is 0 Å². The monoisotopic (exact) mass is 589 g/mol. The Kier molecular flexibility index (Phi) is 16.3. The lowest BCUT2D eigenvalue weighted by molar-refractivity contribution is 0.171. The lowest BCUT2D eigenvalue weighted by Gasteiger charge is -2.14. The number of rotatable bonds is 11. The number of likely N-dealkylation sites (N-methyl/N-ethyl adjacent to an activating group) is 1. The number of phenolic OH excluding ortho intramolecular Hbond substituents is 5. The standard InChI is InChI=1S/2C11H17NO3.C9H13NO2/c1-7(2)12-6-11(15)8-3-9(13)5-10(14)4-8;1-7(2)12-6-11(15)8-3-4-9(13)10(14)5-8;1-10-6-9(12)7-3-2-4-8(11)5-7/h2*3-5,7,11-15H,6H2,1-2H3;2-5,9-12H,6H2,1H3/t;;9-/m..0/s1. The van der Waals surface area contributed by atoms with E-state index in [-0.39, 0.29) is 34.8 Å². The third kappa shape index (κ3) is 14.4. The van der Waals surface area contributed by atoms with Gasteiger partial charge in [0, 0.05) is 37.8 Å². The molecule has 0 aliphatic rings. The van der Waals surface area contributed by atoms with E-state index in [1.807, 2.05) is 27.7 Å². The minimum atomic E-state index is -0.731. The van der Waals surface area contributed by atoms with E-state index in [0.29, 0.717) is 36.8 Å². The Morgan fingerprint density at radius 2 is 1.00 bits per heavy atom. The highest BCUT2D eigenvalue weighted by atomic mass is 16.3. The zero-order valence-corrected chi connectivity index (χ0v) is 24.9. The van der Waals surface area contributed by atoms with Crippen molar-refractivity contribution in [2.75, 3.05) is 26.7 Å². The summed E-state index contributed by atoms with van der Waals surface area (Å²) in [6.45, 7) is 9.23. The van der Waals surface area contributed by atoms with Crippen molar-refractivity contribution < 1.29 is 40.9 Å². The van der Waals surface area contributed by atoms with Gasteiger partial charge in [0.05, 0.1) is 18.3 Å². The first kappa shape index (κ1) is 36.4. The molecule has 3 rings (SSSR count). The van der Waals surface area contributed by atoms with Crippen LogP contribution in [0.2, 0.25) is 0 Å². The minimum absolute atomic E-state index is 0.0476. The average molecular weight is 590 g/mol. The Balaban J connectivity index is 0.000000317. The first-order valence-corrected chi connectivity index (χ1v) is 13.7. The van der Waals surface area contributed by atoms with Crippen molar-refractivity contribution in [3.63, 3.8) is 0 Å². The van der Waals surface area contributed by atoms with Crippen molar-refractivity contribution in [2.45, 2.75) is 58.1 Å². The highest BCUT2D eigenvalue weighted by Gasteiger charge is 2.11. The summed E-state index contributed by atoms with van der Waals surface area (Å²) >= 11 is 0. The SMILES string of the molecule is CC(C)NCC(O)c1cc(O)cc(O)c1.CC(C)NCC(O)c1ccc(O)c(O)c1.CNC[C@H](O)c1cccc(O)c1. The average Bonchev–Trinajstić information content (AvgIpc) is 2.92. The van der Waals surface area contributed by atoms with Crippen LogP contribution in [0, 0.1) is 0 Å². The number of hydrogen-bond donors (Lipinski definition) is 11.